The maximum atomic E-state index is 13.6. The van der Waals surface area contributed by atoms with Crippen LogP contribution in [0.15, 0.2) is 47.0 Å². The fourth-order valence-corrected chi connectivity index (χ4v) is 4.93. The predicted molar refractivity (Wildman–Crippen MR) is 105 cm³/mol. The first kappa shape index (κ1) is 19.2. The zero-order chi connectivity index (χ0) is 20.1. The molecule has 2 aromatic rings. The summed E-state index contributed by atoms with van der Waals surface area (Å²) in [5.41, 5.74) is 1.09. The van der Waals surface area contributed by atoms with Crippen molar-refractivity contribution in [3.8, 4) is 11.5 Å². The highest BCUT2D eigenvalue weighted by molar-refractivity contribution is 9.10. The van der Waals surface area contributed by atoms with Crippen LogP contribution in [0.2, 0.25) is 0 Å². The summed E-state index contributed by atoms with van der Waals surface area (Å²) in [4.78, 5) is 0. The normalized spacial score (nSPS) is 23.0. The van der Waals surface area contributed by atoms with Gasteiger partial charge in [-0.2, -0.15) is 13.2 Å². The van der Waals surface area contributed by atoms with Crippen molar-refractivity contribution >= 4 is 21.6 Å². The lowest BCUT2D eigenvalue weighted by atomic mass is 9.76. The first-order chi connectivity index (χ1) is 13.3. The average Bonchev–Trinajstić information content (AvgIpc) is 3.15. The highest BCUT2D eigenvalue weighted by Crippen LogP contribution is 2.53. The number of ether oxygens (including phenoxy) is 2. The van der Waals surface area contributed by atoms with Gasteiger partial charge in [-0.3, -0.25) is 0 Å². The highest BCUT2D eigenvalue weighted by atomic mass is 79.9. The van der Waals surface area contributed by atoms with E-state index in [0.29, 0.717) is 21.5 Å². The number of allylic oxidation sites excluding steroid dienone is 2. The lowest BCUT2D eigenvalue weighted by Crippen LogP contribution is -2.30. The third-order valence-electron chi connectivity index (χ3n) is 5.52. The molecule has 0 aromatic heterocycles. The first-order valence-corrected chi connectivity index (χ1v) is 9.69. The van der Waals surface area contributed by atoms with E-state index in [1.54, 1.807) is 20.3 Å². The van der Waals surface area contributed by atoms with Crippen molar-refractivity contribution in [1.82, 2.24) is 0 Å². The van der Waals surface area contributed by atoms with Crippen molar-refractivity contribution in [2.45, 2.75) is 24.6 Å². The van der Waals surface area contributed by atoms with Crippen molar-refractivity contribution in [2.24, 2.45) is 5.92 Å². The van der Waals surface area contributed by atoms with Gasteiger partial charge in [0, 0.05) is 5.92 Å². The van der Waals surface area contributed by atoms with Crippen LogP contribution >= 0.6 is 15.9 Å². The summed E-state index contributed by atoms with van der Waals surface area (Å²) in [6.07, 6.45) is 0.447. The van der Waals surface area contributed by atoms with Gasteiger partial charge in [0.2, 0.25) is 0 Å². The van der Waals surface area contributed by atoms with E-state index in [9.17, 15) is 13.2 Å². The molecule has 0 fully saturated rings. The molecule has 0 amide bonds. The molecule has 2 aromatic carbocycles. The van der Waals surface area contributed by atoms with Gasteiger partial charge in [-0.1, -0.05) is 24.3 Å². The molecule has 3 nitrogen and oxygen atoms in total. The van der Waals surface area contributed by atoms with Gasteiger partial charge in [0.1, 0.15) is 0 Å². The Labute approximate surface area is 169 Å². The van der Waals surface area contributed by atoms with Gasteiger partial charge in [0.15, 0.2) is 11.5 Å². The largest absolute Gasteiger partial charge is 0.493 e. The Kier molecular flexibility index (Phi) is 4.81. The Bertz CT molecular complexity index is 942. The van der Waals surface area contributed by atoms with E-state index in [1.165, 1.54) is 6.07 Å². The fourth-order valence-electron chi connectivity index (χ4n) is 4.31. The fraction of sp³-hybridized carbons (Fsp3) is 0.333. The molecule has 148 valence electrons. The van der Waals surface area contributed by atoms with Gasteiger partial charge in [-0.15, -0.1) is 0 Å². The molecule has 0 bridgehead atoms. The van der Waals surface area contributed by atoms with Crippen LogP contribution in [0.25, 0.3) is 0 Å². The van der Waals surface area contributed by atoms with Gasteiger partial charge in [-0.05, 0) is 57.6 Å². The van der Waals surface area contributed by atoms with Crippen LogP contribution < -0.4 is 14.8 Å². The minimum absolute atomic E-state index is 0.0598. The number of hydrogen-bond acceptors (Lipinski definition) is 3. The molecule has 0 spiro atoms. The molecule has 0 saturated heterocycles. The molecule has 1 aliphatic heterocycles. The topological polar surface area (TPSA) is 30.5 Å². The molecule has 7 heteroatoms. The second kappa shape index (κ2) is 7.03. The number of halogens is 4. The molecule has 1 aliphatic carbocycles. The maximum Gasteiger partial charge on any atom is 0.418 e. The van der Waals surface area contributed by atoms with Gasteiger partial charge in [0.05, 0.1) is 36.0 Å². The number of fused-ring (bicyclic) bond motifs is 3. The van der Waals surface area contributed by atoms with Crippen molar-refractivity contribution in [3.63, 3.8) is 0 Å². The van der Waals surface area contributed by atoms with E-state index in [0.717, 1.165) is 18.1 Å². The van der Waals surface area contributed by atoms with Gasteiger partial charge >= 0.3 is 6.18 Å². The van der Waals surface area contributed by atoms with E-state index in [4.69, 9.17) is 9.47 Å². The van der Waals surface area contributed by atoms with Crippen LogP contribution in [0.1, 0.15) is 35.1 Å². The smallest absolute Gasteiger partial charge is 0.418 e. The van der Waals surface area contributed by atoms with Crippen LogP contribution in [0.5, 0.6) is 11.5 Å². The Balaban J connectivity index is 1.85. The predicted octanol–water partition coefficient (Wildman–Crippen LogP) is 6.31. The summed E-state index contributed by atoms with van der Waals surface area (Å²) in [5.74, 6) is 1.15. The molecule has 2 aliphatic rings. The summed E-state index contributed by atoms with van der Waals surface area (Å²) in [6.45, 7) is 0. The SMILES string of the molecule is COc1cc([C@@H]2Nc3c(cccc3C(F)(F)F)[C@@H]3C=CC[C@H]32)cc(Br)c1OC. The number of methoxy groups -OCH3 is 2. The third kappa shape index (κ3) is 3.05. The number of alkyl halides is 3. The van der Waals surface area contributed by atoms with Crippen LogP contribution in [0, 0.1) is 5.92 Å². The third-order valence-corrected chi connectivity index (χ3v) is 6.11. The van der Waals surface area contributed by atoms with Gasteiger partial charge < -0.3 is 14.8 Å². The second-order valence-corrected chi connectivity index (χ2v) is 7.84. The molecular formula is C21H19BrF3NO2. The molecule has 0 saturated carbocycles. The molecule has 1 heterocycles. The number of benzene rings is 2. The number of para-hydroxylation sites is 1. The van der Waals surface area contributed by atoms with Crippen LogP contribution in [0.4, 0.5) is 18.9 Å². The molecule has 0 radical (unpaired) electrons. The van der Waals surface area contributed by atoms with Crippen molar-refractivity contribution in [3.05, 3.63) is 63.6 Å². The molecular weight excluding hydrogens is 435 g/mol. The minimum atomic E-state index is -4.42. The van der Waals surface area contributed by atoms with E-state index in [-0.39, 0.29) is 23.6 Å². The Morgan fingerprint density at radius 3 is 2.61 bits per heavy atom. The minimum Gasteiger partial charge on any atom is -0.493 e. The number of anilines is 1. The summed E-state index contributed by atoms with van der Waals surface area (Å²) >= 11 is 3.49. The van der Waals surface area contributed by atoms with Crippen LogP contribution in [-0.2, 0) is 6.18 Å². The number of nitrogens with one attached hydrogen (secondary N) is 1. The average molecular weight is 454 g/mol. The highest BCUT2D eigenvalue weighted by Gasteiger charge is 2.43. The summed E-state index contributed by atoms with van der Waals surface area (Å²) in [6, 6.07) is 7.83. The van der Waals surface area contributed by atoms with Crippen LogP contribution in [-0.4, -0.2) is 14.2 Å². The van der Waals surface area contributed by atoms with Gasteiger partial charge in [-0.25, -0.2) is 0 Å². The Morgan fingerprint density at radius 2 is 1.93 bits per heavy atom. The summed E-state index contributed by atoms with van der Waals surface area (Å²) in [7, 11) is 3.09. The molecule has 1 N–H and O–H groups in total. The van der Waals surface area contributed by atoms with Crippen LogP contribution in [0.3, 0.4) is 0 Å². The molecule has 0 unspecified atom stereocenters. The monoisotopic (exact) mass is 453 g/mol. The zero-order valence-electron chi connectivity index (χ0n) is 15.3. The standard InChI is InChI=1S/C21H19BrF3NO2/c1-27-17-10-11(9-16(22)20(17)28-2)18-13-6-3-5-12(13)14-7-4-8-15(19(14)26-18)21(23,24)25/h3-5,7-10,12-13,18,26H,6H2,1-2H3/t12-,13-,18+/m1/s1. The second-order valence-electron chi connectivity index (χ2n) is 6.98. The summed E-state index contributed by atoms with van der Waals surface area (Å²) in [5, 5.41) is 3.20. The van der Waals surface area contributed by atoms with Crippen molar-refractivity contribution in [2.75, 3.05) is 19.5 Å². The molecule has 28 heavy (non-hydrogen) atoms. The number of hydrogen-bond donors (Lipinski definition) is 1. The lowest BCUT2D eigenvalue weighted by Gasteiger charge is -2.39. The van der Waals surface area contributed by atoms with E-state index in [1.807, 2.05) is 18.2 Å². The number of rotatable bonds is 3. The molecule has 3 atom stereocenters. The Morgan fingerprint density at radius 1 is 1.14 bits per heavy atom. The maximum absolute atomic E-state index is 13.6. The summed E-state index contributed by atoms with van der Waals surface area (Å²) < 4.78 is 52.4. The van der Waals surface area contributed by atoms with Crippen molar-refractivity contribution in [1.29, 1.82) is 0 Å². The van der Waals surface area contributed by atoms with E-state index >= 15 is 0 Å². The van der Waals surface area contributed by atoms with Crippen molar-refractivity contribution < 1.29 is 22.6 Å². The molecule has 4 rings (SSSR count). The zero-order valence-corrected chi connectivity index (χ0v) is 16.9. The van der Waals surface area contributed by atoms with E-state index < -0.39 is 11.7 Å². The quantitative estimate of drug-likeness (QED) is 0.552. The van der Waals surface area contributed by atoms with Gasteiger partial charge in [0.25, 0.3) is 0 Å². The first-order valence-electron chi connectivity index (χ1n) is 8.90. The lowest BCUT2D eigenvalue weighted by molar-refractivity contribution is -0.137. The Hall–Kier alpha value is -2.15. The van der Waals surface area contributed by atoms with E-state index in [2.05, 4.69) is 27.3 Å².